The van der Waals surface area contributed by atoms with Crippen LogP contribution in [0.3, 0.4) is 0 Å². The number of hydrogen-bond donors (Lipinski definition) is 2. The lowest BCUT2D eigenvalue weighted by molar-refractivity contribution is 0.0957. The molecule has 160 valence electrons. The minimum Gasteiger partial charge on any atom is -0.497 e. The summed E-state index contributed by atoms with van der Waals surface area (Å²) in [6.45, 7) is 3.95. The second-order valence-corrected chi connectivity index (χ2v) is 9.07. The molecule has 31 heavy (non-hydrogen) atoms. The van der Waals surface area contributed by atoms with E-state index < -0.39 is 10.0 Å². The largest absolute Gasteiger partial charge is 0.497 e. The molecular weight excluding hydrogens is 434 g/mol. The Kier molecular flexibility index (Phi) is 7.32. The highest BCUT2D eigenvalue weighted by atomic mass is 32.2. The summed E-state index contributed by atoms with van der Waals surface area (Å²) in [6, 6.07) is 16.6. The number of rotatable bonds is 9. The number of benzene rings is 2. The molecule has 1 heterocycles. The van der Waals surface area contributed by atoms with Crippen LogP contribution in [-0.2, 0) is 10.0 Å². The molecule has 0 aliphatic heterocycles. The molecule has 3 aromatic rings. The molecule has 0 aliphatic rings. The Balaban J connectivity index is 1.63. The van der Waals surface area contributed by atoms with E-state index in [1.165, 1.54) is 37.2 Å². The Hall–Kier alpha value is -3.30. The Morgan fingerprint density at radius 2 is 1.81 bits per heavy atom. The molecule has 0 spiro atoms. The summed E-state index contributed by atoms with van der Waals surface area (Å²) in [6.07, 6.45) is 3.12. The van der Waals surface area contributed by atoms with E-state index in [9.17, 15) is 13.2 Å². The molecule has 3 rings (SSSR count). The van der Waals surface area contributed by atoms with Crippen LogP contribution in [-0.4, -0.2) is 33.0 Å². The van der Waals surface area contributed by atoms with Gasteiger partial charge in [-0.1, -0.05) is 17.8 Å². The number of nitrogens with zero attached hydrogens (tertiary/aromatic N) is 1. The molecule has 7 nitrogen and oxygen atoms in total. The van der Waals surface area contributed by atoms with E-state index in [-0.39, 0.29) is 10.8 Å². The molecule has 0 bridgehead atoms. The average molecular weight is 456 g/mol. The maximum atomic E-state index is 12.5. The lowest BCUT2D eigenvalue weighted by Gasteiger charge is -2.09. The third-order valence-corrected chi connectivity index (χ3v) is 6.46. The van der Waals surface area contributed by atoms with Gasteiger partial charge in [0.15, 0.2) is 0 Å². The number of carbonyl (C=O) groups is 1. The molecule has 9 heteroatoms. The van der Waals surface area contributed by atoms with Gasteiger partial charge in [0.2, 0.25) is 0 Å². The predicted octanol–water partition coefficient (Wildman–Crippen LogP) is 3.96. The van der Waals surface area contributed by atoms with Crippen LogP contribution < -0.4 is 14.8 Å². The van der Waals surface area contributed by atoms with Crippen molar-refractivity contribution in [3.05, 3.63) is 85.1 Å². The van der Waals surface area contributed by atoms with Crippen molar-refractivity contribution in [1.82, 2.24) is 10.3 Å². The van der Waals surface area contributed by atoms with Gasteiger partial charge in [-0.05, 0) is 60.7 Å². The van der Waals surface area contributed by atoms with Crippen molar-refractivity contribution in [3.8, 4) is 5.75 Å². The fourth-order valence-corrected chi connectivity index (χ4v) is 4.34. The number of carbonyl (C=O) groups excluding carboxylic acids is 1. The quantitative estimate of drug-likeness (QED) is 0.474. The summed E-state index contributed by atoms with van der Waals surface area (Å²) in [5, 5.41) is 3.41. The van der Waals surface area contributed by atoms with E-state index in [4.69, 9.17) is 4.74 Å². The molecule has 0 unspecified atom stereocenters. The van der Waals surface area contributed by atoms with Gasteiger partial charge in [-0.25, -0.2) is 13.4 Å². The van der Waals surface area contributed by atoms with Gasteiger partial charge >= 0.3 is 0 Å². The molecule has 0 saturated heterocycles. The second-order valence-electron chi connectivity index (χ2n) is 6.29. The van der Waals surface area contributed by atoms with Gasteiger partial charge < -0.3 is 10.1 Å². The number of methoxy groups -OCH3 is 1. The van der Waals surface area contributed by atoms with E-state index in [1.54, 1.807) is 54.6 Å². The van der Waals surface area contributed by atoms with Gasteiger partial charge in [0.05, 0.1) is 17.6 Å². The van der Waals surface area contributed by atoms with Crippen molar-refractivity contribution in [2.45, 2.75) is 14.8 Å². The molecule has 2 aromatic carbocycles. The van der Waals surface area contributed by atoms with Crippen molar-refractivity contribution in [2.75, 3.05) is 18.4 Å². The van der Waals surface area contributed by atoms with Gasteiger partial charge in [-0.15, -0.1) is 6.58 Å². The first-order chi connectivity index (χ1) is 14.9. The Morgan fingerprint density at radius 1 is 1.10 bits per heavy atom. The van der Waals surface area contributed by atoms with Crippen LogP contribution in [0.15, 0.2) is 94.3 Å². The van der Waals surface area contributed by atoms with Crippen molar-refractivity contribution >= 4 is 33.4 Å². The fourth-order valence-electron chi connectivity index (χ4n) is 2.52. The lowest BCUT2D eigenvalue weighted by Crippen LogP contribution is -2.23. The summed E-state index contributed by atoms with van der Waals surface area (Å²) >= 11 is 1.40. The smallest absolute Gasteiger partial charge is 0.261 e. The number of amides is 1. The zero-order valence-corrected chi connectivity index (χ0v) is 18.4. The standard InChI is InChI=1S/C22H21N3O4S2/c1-3-14-23-22(26)16-4-13-21(24-15-16)30-19-9-5-17(6-10-19)25-31(27,28)20-11-7-18(29-2)8-12-20/h3-13,15,25H,1,14H2,2H3,(H,23,26). The molecule has 0 atom stereocenters. The molecular formula is C22H21N3O4S2. The SMILES string of the molecule is C=CCNC(=O)c1ccc(Sc2ccc(NS(=O)(=O)c3ccc(OC)cc3)cc2)nc1. The van der Waals surface area contributed by atoms with Gasteiger partial charge in [-0.2, -0.15) is 0 Å². The summed E-state index contributed by atoms with van der Waals surface area (Å²) < 4.78 is 32.7. The Morgan fingerprint density at radius 3 is 2.39 bits per heavy atom. The first-order valence-corrected chi connectivity index (χ1v) is 11.5. The monoisotopic (exact) mass is 455 g/mol. The van der Waals surface area contributed by atoms with E-state index in [2.05, 4.69) is 21.6 Å². The number of aromatic nitrogens is 1. The number of hydrogen-bond acceptors (Lipinski definition) is 6. The maximum Gasteiger partial charge on any atom is 0.261 e. The van der Waals surface area contributed by atoms with Gasteiger partial charge in [0.25, 0.3) is 15.9 Å². The first kappa shape index (κ1) is 22.4. The predicted molar refractivity (Wildman–Crippen MR) is 121 cm³/mol. The average Bonchev–Trinajstić information content (AvgIpc) is 2.79. The topological polar surface area (TPSA) is 97.4 Å². The van der Waals surface area contributed by atoms with Crippen LogP contribution in [0, 0.1) is 0 Å². The van der Waals surface area contributed by atoms with E-state index in [0.717, 1.165) is 4.90 Å². The summed E-state index contributed by atoms with van der Waals surface area (Å²) in [5.74, 6) is 0.372. The van der Waals surface area contributed by atoms with Crippen molar-refractivity contribution in [3.63, 3.8) is 0 Å². The van der Waals surface area contributed by atoms with E-state index in [0.29, 0.717) is 28.6 Å². The third kappa shape index (κ3) is 6.09. The van der Waals surface area contributed by atoms with E-state index in [1.807, 2.05) is 0 Å². The van der Waals surface area contributed by atoms with Gasteiger partial charge in [-0.3, -0.25) is 9.52 Å². The zero-order chi connectivity index (χ0) is 22.3. The Bertz CT molecular complexity index is 1140. The highest BCUT2D eigenvalue weighted by Crippen LogP contribution is 2.28. The zero-order valence-electron chi connectivity index (χ0n) is 16.7. The highest BCUT2D eigenvalue weighted by Gasteiger charge is 2.14. The van der Waals surface area contributed by atoms with Gasteiger partial charge in [0, 0.05) is 23.3 Å². The third-order valence-electron chi connectivity index (χ3n) is 4.10. The van der Waals surface area contributed by atoms with Crippen LogP contribution in [0.5, 0.6) is 5.75 Å². The first-order valence-electron chi connectivity index (χ1n) is 9.21. The number of pyridine rings is 1. The summed E-state index contributed by atoms with van der Waals surface area (Å²) in [7, 11) is -2.18. The molecule has 1 aromatic heterocycles. The lowest BCUT2D eigenvalue weighted by atomic mass is 10.3. The van der Waals surface area contributed by atoms with Crippen molar-refractivity contribution in [1.29, 1.82) is 0 Å². The summed E-state index contributed by atoms with van der Waals surface area (Å²) in [5.41, 5.74) is 0.914. The van der Waals surface area contributed by atoms with E-state index >= 15 is 0 Å². The molecule has 0 saturated carbocycles. The van der Waals surface area contributed by atoms with Crippen LogP contribution in [0.1, 0.15) is 10.4 Å². The molecule has 1 amide bonds. The second kappa shape index (κ2) is 10.1. The molecule has 0 radical (unpaired) electrons. The van der Waals surface area contributed by atoms with Crippen LogP contribution >= 0.6 is 11.8 Å². The Labute approximate surface area is 185 Å². The maximum absolute atomic E-state index is 12.5. The number of ether oxygens (including phenoxy) is 1. The minimum atomic E-state index is -3.70. The van der Waals surface area contributed by atoms with Crippen LogP contribution in [0.2, 0.25) is 0 Å². The fraction of sp³-hybridized carbons (Fsp3) is 0.0909. The van der Waals surface area contributed by atoms with Crippen molar-refractivity contribution < 1.29 is 17.9 Å². The number of sulfonamides is 1. The molecule has 2 N–H and O–H groups in total. The number of anilines is 1. The normalized spacial score (nSPS) is 10.9. The van der Waals surface area contributed by atoms with Crippen molar-refractivity contribution in [2.24, 2.45) is 0 Å². The number of nitrogens with one attached hydrogen (secondary N) is 2. The summed E-state index contributed by atoms with van der Waals surface area (Å²) in [4.78, 5) is 17.2. The van der Waals surface area contributed by atoms with Crippen LogP contribution in [0.4, 0.5) is 5.69 Å². The van der Waals surface area contributed by atoms with Gasteiger partial charge in [0.1, 0.15) is 10.8 Å². The van der Waals surface area contributed by atoms with Crippen LogP contribution in [0.25, 0.3) is 0 Å². The molecule has 0 aliphatic carbocycles. The molecule has 0 fully saturated rings. The minimum absolute atomic E-state index is 0.146. The highest BCUT2D eigenvalue weighted by molar-refractivity contribution is 7.99.